The molecule has 1 fully saturated rings. The van der Waals surface area contributed by atoms with E-state index in [2.05, 4.69) is 15.6 Å². The van der Waals surface area contributed by atoms with E-state index in [1.165, 1.54) is 17.0 Å². The van der Waals surface area contributed by atoms with Gasteiger partial charge >= 0.3 is 0 Å². The summed E-state index contributed by atoms with van der Waals surface area (Å²) in [5.74, 6) is -2.03. The topological polar surface area (TPSA) is 128 Å². The van der Waals surface area contributed by atoms with Gasteiger partial charge in [0.15, 0.2) is 5.69 Å². The van der Waals surface area contributed by atoms with Gasteiger partial charge in [0.25, 0.3) is 17.7 Å². The maximum absolute atomic E-state index is 13.2. The lowest BCUT2D eigenvalue weighted by molar-refractivity contribution is 0.0642. The quantitative estimate of drug-likeness (QED) is 0.460. The second-order valence-corrected chi connectivity index (χ2v) is 8.47. The summed E-state index contributed by atoms with van der Waals surface area (Å²) >= 11 is 5.94. The van der Waals surface area contributed by atoms with Crippen LogP contribution < -0.4 is 16.4 Å². The zero-order valence-corrected chi connectivity index (χ0v) is 19.3. The Morgan fingerprint density at radius 1 is 1.11 bits per heavy atom. The summed E-state index contributed by atoms with van der Waals surface area (Å²) in [4.78, 5) is 41.5. The molecule has 3 aromatic rings. The normalized spacial score (nSPS) is 13.9. The monoisotopic (exact) mass is 499 g/mol. The number of imidazole rings is 1. The number of nitrogens with two attached hydrogens (primary N) is 1. The number of amides is 3. The Hall–Kier alpha value is -3.76. The Balaban J connectivity index is 1.48. The molecule has 4 rings (SSSR count). The van der Waals surface area contributed by atoms with E-state index in [0.717, 1.165) is 25.0 Å². The van der Waals surface area contributed by atoms with Gasteiger partial charge < -0.3 is 21.1 Å². The van der Waals surface area contributed by atoms with Crippen LogP contribution in [0.25, 0.3) is 5.69 Å². The lowest BCUT2D eigenvalue weighted by Gasteiger charge is -2.22. The van der Waals surface area contributed by atoms with E-state index >= 15 is 0 Å². The molecule has 2 heterocycles. The summed E-state index contributed by atoms with van der Waals surface area (Å²) in [6.07, 6.45) is 3.05. The Morgan fingerprint density at radius 2 is 1.83 bits per heavy atom. The van der Waals surface area contributed by atoms with E-state index in [9.17, 15) is 18.8 Å². The highest BCUT2D eigenvalue weighted by molar-refractivity contribution is 6.34. The number of halogens is 2. The number of nitrogens with one attached hydrogen (secondary N) is 2. The van der Waals surface area contributed by atoms with Gasteiger partial charge in [0, 0.05) is 31.1 Å². The Labute approximate surface area is 205 Å². The second kappa shape index (κ2) is 10.7. The molecule has 0 radical (unpaired) electrons. The fourth-order valence-corrected chi connectivity index (χ4v) is 4.05. The molecule has 1 aliphatic rings. The first kappa shape index (κ1) is 24.4. The van der Waals surface area contributed by atoms with E-state index in [-0.39, 0.29) is 22.0 Å². The van der Waals surface area contributed by atoms with Crippen LogP contribution in [0.15, 0.2) is 48.8 Å². The molecule has 1 aromatic heterocycles. The molecule has 2 aromatic carbocycles. The molecule has 0 atom stereocenters. The first-order valence-corrected chi connectivity index (χ1v) is 11.3. The van der Waals surface area contributed by atoms with E-state index < -0.39 is 23.5 Å². The number of hydrogen-bond donors (Lipinski definition) is 3. The maximum atomic E-state index is 13.2. The fraction of sp³-hybridized carbons (Fsp3) is 0.250. The predicted molar refractivity (Wildman–Crippen MR) is 127 cm³/mol. The van der Waals surface area contributed by atoms with Crippen LogP contribution >= 0.6 is 11.6 Å². The number of nitrogens with zero attached hydrogens (tertiary/aromatic N) is 2. The number of carbonyl (C=O) groups is 3. The van der Waals surface area contributed by atoms with Gasteiger partial charge in [-0.2, -0.15) is 0 Å². The summed E-state index contributed by atoms with van der Waals surface area (Å²) in [5, 5.41) is 5.49. The first-order valence-electron chi connectivity index (χ1n) is 10.9. The second-order valence-electron chi connectivity index (χ2n) is 8.07. The highest BCUT2D eigenvalue weighted by Gasteiger charge is 2.24. The number of anilines is 1. The van der Waals surface area contributed by atoms with Gasteiger partial charge in [-0.1, -0.05) is 11.6 Å². The van der Waals surface area contributed by atoms with Crippen LogP contribution in [0.4, 0.5) is 10.1 Å². The van der Waals surface area contributed by atoms with Crippen molar-refractivity contribution in [3.63, 3.8) is 0 Å². The molecule has 1 saturated heterocycles. The molecular formula is C24H23ClFN5O4. The van der Waals surface area contributed by atoms with E-state index in [1.807, 2.05) is 0 Å². The van der Waals surface area contributed by atoms with Gasteiger partial charge in [0.1, 0.15) is 17.8 Å². The van der Waals surface area contributed by atoms with Gasteiger partial charge in [-0.15, -0.1) is 0 Å². The van der Waals surface area contributed by atoms with E-state index in [4.69, 9.17) is 22.1 Å². The number of benzene rings is 2. The van der Waals surface area contributed by atoms with E-state index in [1.54, 1.807) is 24.3 Å². The van der Waals surface area contributed by atoms with Gasteiger partial charge in [0.2, 0.25) is 0 Å². The SMILES string of the molecule is NC(=O)c1c(C(=O)NCC2CCOCC2)ncn1-c1ccc(NC(=O)c2ccc(F)cc2Cl)cc1. The third kappa shape index (κ3) is 5.67. The van der Waals surface area contributed by atoms with Gasteiger partial charge in [-0.25, -0.2) is 9.37 Å². The molecular weight excluding hydrogens is 477 g/mol. The lowest BCUT2D eigenvalue weighted by Crippen LogP contribution is -2.33. The molecule has 182 valence electrons. The summed E-state index contributed by atoms with van der Waals surface area (Å²) in [7, 11) is 0. The molecule has 1 aliphatic heterocycles. The number of hydrogen-bond acceptors (Lipinski definition) is 5. The van der Waals surface area contributed by atoms with Crippen LogP contribution in [0.1, 0.15) is 44.2 Å². The molecule has 3 amide bonds. The maximum Gasteiger partial charge on any atom is 0.272 e. The summed E-state index contributed by atoms with van der Waals surface area (Å²) in [5.41, 5.74) is 6.52. The van der Waals surface area contributed by atoms with Crippen molar-refractivity contribution in [1.29, 1.82) is 0 Å². The Morgan fingerprint density at radius 3 is 2.49 bits per heavy atom. The minimum Gasteiger partial charge on any atom is -0.381 e. The lowest BCUT2D eigenvalue weighted by atomic mass is 10.0. The van der Waals surface area contributed by atoms with Crippen molar-refractivity contribution in [1.82, 2.24) is 14.9 Å². The van der Waals surface area contributed by atoms with Crippen LogP contribution in [-0.4, -0.2) is 47.0 Å². The highest BCUT2D eigenvalue weighted by atomic mass is 35.5. The standard InChI is InChI=1S/C24H23ClFN5O4/c25-19-11-15(26)1-6-18(19)23(33)30-16-2-4-17(5-3-16)31-13-29-20(21(31)22(27)32)24(34)28-12-14-7-9-35-10-8-14/h1-6,11,13-14H,7-10,12H2,(H2,27,32)(H,28,34)(H,30,33). The van der Waals surface area contributed by atoms with Crippen LogP contribution in [0.3, 0.4) is 0 Å². The fourth-order valence-electron chi connectivity index (χ4n) is 3.79. The van der Waals surface area contributed by atoms with Crippen molar-refractivity contribution in [2.24, 2.45) is 11.7 Å². The predicted octanol–water partition coefficient (Wildman–Crippen LogP) is 3.17. The minimum absolute atomic E-state index is 0.00809. The minimum atomic E-state index is -0.804. The summed E-state index contributed by atoms with van der Waals surface area (Å²) in [6, 6.07) is 9.94. The summed E-state index contributed by atoms with van der Waals surface area (Å²) in [6.45, 7) is 1.78. The van der Waals surface area contributed by atoms with Crippen molar-refractivity contribution in [2.45, 2.75) is 12.8 Å². The average Bonchev–Trinajstić information content (AvgIpc) is 3.29. The largest absolute Gasteiger partial charge is 0.381 e. The van der Waals surface area contributed by atoms with Crippen molar-refractivity contribution in [3.05, 3.63) is 76.6 Å². The first-order chi connectivity index (χ1) is 16.8. The summed E-state index contributed by atoms with van der Waals surface area (Å²) < 4.78 is 20.0. The number of rotatable bonds is 7. The van der Waals surface area contributed by atoms with Crippen molar-refractivity contribution in [2.75, 3.05) is 25.1 Å². The molecule has 35 heavy (non-hydrogen) atoms. The zero-order chi connectivity index (χ0) is 24.9. The molecule has 0 saturated carbocycles. The Kier molecular flexibility index (Phi) is 7.42. The van der Waals surface area contributed by atoms with Gasteiger partial charge in [0.05, 0.1) is 10.6 Å². The average molecular weight is 500 g/mol. The zero-order valence-electron chi connectivity index (χ0n) is 18.6. The molecule has 0 aliphatic carbocycles. The van der Waals surface area contributed by atoms with Crippen molar-refractivity contribution >= 4 is 35.0 Å². The molecule has 9 nitrogen and oxygen atoms in total. The number of aromatic nitrogens is 2. The number of ether oxygens (including phenoxy) is 1. The molecule has 0 unspecified atom stereocenters. The third-order valence-electron chi connectivity index (χ3n) is 5.69. The molecule has 0 spiro atoms. The van der Waals surface area contributed by atoms with E-state index in [0.29, 0.717) is 37.1 Å². The van der Waals surface area contributed by atoms with Crippen LogP contribution in [0.5, 0.6) is 0 Å². The van der Waals surface area contributed by atoms with Crippen LogP contribution in [-0.2, 0) is 4.74 Å². The third-order valence-corrected chi connectivity index (χ3v) is 6.00. The number of carbonyl (C=O) groups excluding carboxylic acids is 3. The number of primary amides is 1. The molecule has 11 heteroatoms. The van der Waals surface area contributed by atoms with Gasteiger partial charge in [-0.3, -0.25) is 19.0 Å². The van der Waals surface area contributed by atoms with Gasteiger partial charge in [-0.05, 0) is 61.2 Å². The molecule has 4 N–H and O–H groups in total. The Bertz CT molecular complexity index is 1260. The van der Waals surface area contributed by atoms with Crippen LogP contribution in [0.2, 0.25) is 5.02 Å². The smallest absolute Gasteiger partial charge is 0.272 e. The van der Waals surface area contributed by atoms with Crippen molar-refractivity contribution < 1.29 is 23.5 Å². The molecule has 0 bridgehead atoms. The van der Waals surface area contributed by atoms with Crippen LogP contribution in [0, 0.1) is 11.7 Å². The highest BCUT2D eigenvalue weighted by Crippen LogP contribution is 2.21. The van der Waals surface area contributed by atoms with Crippen molar-refractivity contribution in [3.8, 4) is 5.69 Å².